The Labute approximate surface area is 122 Å². The van der Waals surface area contributed by atoms with Crippen molar-refractivity contribution in [2.45, 2.75) is 0 Å². The number of hydrogen-bond donors (Lipinski definition) is 2. The predicted octanol–water partition coefficient (Wildman–Crippen LogP) is 3.83. The average Bonchev–Trinajstić information content (AvgIpc) is 2.42. The van der Waals surface area contributed by atoms with Crippen LogP contribution >= 0.6 is 11.6 Å². The number of carboxylic acids is 1. The van der Waals surface area contributed by atoms with Gasteiger partial charge in [-0.25, -0.2) is 9.18 Å². The van der Waals surface area contributed by atoms with E-state index in [1.165, 1.54) is 18.2 Å². The summed E-state index contributed by atoms with van der Waals surface area (Å²) in [6, 6.07) is 7.21. The number of rotatable bonds is 4. The van der Waals surface area contributed by atoms with E-state index in [0.29, 0.717) is 0 Å². The van der Waals surface area contributed by atoms with Gasteiger partial charge < -0.3 is 10.4 Å². The van der Waals surface area contributed by atoms with Gasteiger partial charge in [0.05, 0.1) is 10.6 Å². The number of hydrogen-bond acceptors (Lipinski definition) is 4. The van der Waals surface area contributed by atoms with Crippen LogP contribution in [0.2, 0.25) is 5.02 Å². The van der Waals surface area contributed by atoms with E-state index in [0.717, 1.165) is 18.2 Å². The Morgan fingerprint density at radius 2 is 2.00 bits per heavy atom. The van der Waals surface area contributed by atoms with Crippen molar-refractivity contribution in [3.8, 4) is 0 Å². The van der Waals surface area contributed by atoms with E-state index in [1.54, 1.807) is 0 Å². The van der Waals surface area contributed by atoms with Crippen molar-refractivity contribution in [3.05, 3.63) is 62.9 Å². The molecule has 0 saturated heterocycles. The maximum absolute atomic E-state index is 13.6. The number of halogens is 2. The first-order valence-electron chi connectivity index (χ1n) is 5.62. The zero-order valence-corrected chi connectivity index (χ0v) is 11.1. The van der Waals surface area contributed by atoms with Crippen molar-refractivity contribution in [2.24, 2.45) is 0 Å². The summed E-state index contributed by atoms with van der Waals surface area (Å²) < 4.78 is 13.6. The second kappa shape index (κ2) is 5.76. The first kappa shape index (κ1) is 14.7. The molecule has 0 saturated carbocycles. The molecule has 21 heavy (non-hydrogen) atoms. The molecule has 2 aromatic carbocycles. The number of carboxylic acid groups (broad SMARTS) is 1. The average molecular weight is 311 g/mol. The van der Waals surface area contributed by atoms with Crippen LogP contribution in [0.15, 0.2) is 36.4 Å². The Morgan fingerprint density at radius 1 is 1.29 bits per heavy atom. The topological polar surface area (TPSA) is 92.5 Å². The van der Waals surface area contributed by atoms with Gasteiger partial charge in [0, 0.05) is 16.8 Å². The minimum atomic E-state index is -1.41. The standard InChI is InChI=1S/C13H8ClFN2O4/c14-7-1-4-10(15)11(5-7)16-8-2-3-9(13(18)19)12(6-8)17(20)21/h1-6,16H,(H,18,19). The molecular weight excluding hydrogens is 303 g/mol. The molecule has 2 aromatic rings. The molecule has 8 heteroatoms. The lowest BCUT2D eigenvalue weighted by Crippen LogP contribution is -2.03. The highest BCUT2D eigenvalue weighted by molar-refractivity contribution is 6.30. The van der Waals surface area contributed by atoms with Gasteiger partial charge in [0.25, 0.3) is 5.69 Å². The fraction of sp³-hybridized carbons (Fsp3) is 0. The van der Waals surface area contributed by atoms with Crippen molar-refractivity contribution >= 4 is 34.6 Å². The van der Waals surface area contributed by atoms with Crippen LogP contribution in [0.25, 0.3) is 0 Å². The maximum atomic E-state index is 13.6. The molecular formula is C13H8ClFN2O4. The summed E-state index contributed by atoms with van der Waals surface area (Å²) in [6.45, 7) is 0. The van der Waals surface area contributed by atoms with Gasteiger partial charge >= 0.3 is 5.97 Å². The molecule has 6 nitrogen and oxygen atoms in total. The SMILES string of the molecule is O=C(O)c1ccc(Nc2cc(Cl)ccc2F)cc1[N+](=O)[O-]. The van der Waals surface area contributed by atoms with Crippen LogP contribution in [0, 0.1) is 15.9 Å². The summed E-state index contributed by atoms with van der Waals surface area (Å²) >= 11 is 5.74. The fourth-order valence-corrected chi connectivity index (χ4v) is 1.86. The highest BCUT2D eigenvalue weighted by Crippen LogP contribution is 2.28. The Kier molecular flexibility index (Phi) is 4.04. The van der Waals surface area contributed by atoms with Gasteiger partial charge in [0.15, 0.2) is 0 Å². The van der Waals surface area contributed by atoms with Crippen LogP contribution in [0.4, 0.5) is 21.5 Å². The van der Waals surface area contributed by atoms with Gasteiger partial charge in [0.2, 0.25) is 0 Å². The van der Waals surface area contributed by atoms with Gasteiger partial charge in [-0.3, -0.25) is 10.1 Å². The lowest BCUT2D eigenvalue weighted by Gasteiger charge is -2.08. The largest absolute Gasteiger partial charge is 0.477 e. The van der Waals surface area contributed by atoms with Gasteiger partial charge in [-0.05, 0) is 30.3 Å². The summed E-state index contributed by atoms with van der Waals surface area (Å²) in [5.41, 5.74) is -0.834. The van der Waals surface area contributed by atoms with Crippen LogP contribution in [0.5, 0.6) is 0 Å². The van der Waals surface area contributed by atoms with Crippen LogP contribution in [-0.4, -0.2) is 16.0 Å². The Morgan fingerprint density at radius 3 is 2.62 bits per heavy atom. The molecule has 0 aliphatic rings. The fourth-order valence-electron chi connectivity index (χ4n) is 1.69. The predicted molar refractivity (Wildman–Crippen MR) is 74.7 cm³/mol. The molecule has 0 unspecified atom stereocenters. The molecule has 0 radical (unpaired) electrons. The molecule has 2 rings (SSSR count). The number of benzene rings is 2. The van der Waals surface area contributed by atoms with E-state index in [4.69, 9.17) is 16.7 Å². The van der Waals surface area contributed by atoms with Gasteiger partial charge in [0.1, 0.15) is 11.4 Å². The first-order valence-corrected chi connectivity index (χ1v) is 6.00. The smallest absolute Gasteiger partial charge is 0.342 e. The van der Waals surface area contributed by atoms with Crippen molar-refractivity contribution in [3.63, 3.8) is 0 Å². The first-order chi connectivity index (χ1) is 9.88. The van der Waals surface area contributed by atoms with E-state index in [9.17, 15) is 19.3 Å². The molecule has 0 heterocycles. The number of nitro benzene ring substituents is 1. The number of nitrogens with zero attached hydrogens (tertiary/aromatic N) is 1. The van der Waals surface area contributed by atoms with E-state index < -0.39 is 28.0 Å². The lowest BCUT2D eigenvalue weighted by molar-refractivity contribution is -0.385. The maximum Gasteiger partial charge on any atom is 0.342 e. The van der Waals surface area contributed by atoms with Gasteiger partial charge in [-0.15, -0.1) is 0 Å². The van der Waals surface area contributed by atoms with Crippen LogP contribution in [0.3, 0.4) is 0 Å². The molecule has 0 spiro atoms. The summed E-state index contributed by atoms with van der Waals surface area (Å²) in [4.78, 5) is 20.9. The number of nitro groups is 1. The minimum absolute atomic E-state index is 0.0277. The van der Waals surface area contributed by atoms with E-state index in [-0.39, 0.29) is 16.4 Å². The van der Waals surface area contributed by atoms with Crippen LogP contribution in [0.1, 0.15) is 10.4 Å². The zero-order chi connectivity index (χ0) is 15.6. The minimum Gasteiger partial charge on any atom is -0.477 e. The molecule has 0 fully saturated rings. The normalized spacial score (nSPS) is 10.2. The molecule has 0 bridgehead atoms. The highest BCUT2D eigenvalue weighted by Gasteiger charge is 2.20. The third-order valence-corrected chi connectivity index (χ3v) is 2.87. The third kappa shape index (κ3) is 3.26. The molecule has 0 aromatic heterocycles. The summed E-state index contributed by atoms with van der Waals surface area (Å²) in [7, 11) is 0. The number of anilines is 2. The van der Waals surface area contributed by atoms with Crippen molar-refractivity contribution in [1.29, 1.82) is 0 Å². The number of carbonyl (C=O) groups is 1. The molecule has 0 aliphatic heterocycles. The zero-order valence-electron chi connectivity index (χ0n) is 10.3. The Hall–Kier alpha value is -2.67. The lowest BCUT2D eigenvalue weighted by atomic mass is 10.1. The second-order valence-electron chi connectivity index (χ2n) is 4.04. The quantitative estimate of drug-likeness (QED) is 0.661. The van der Waals surface area contributed by atoms with Crippen molar-refractivity contribution < 1.29 is 19.2 Å². The van der Waals surface area contributed by atoms with E-state index >= 15 is 0 Å². The summed E-state index contributed by atoms with van der Waals surface area (Å²) in [6.07, 6.45) is 0. The third-order valence-electron chi connectivity index (χ3n) is 2.63. The Balaban J connectivity index is 2.41. The van der Waals surface area contributed by atoms with Crippen LogP contribution in [-0.2, 0) is 0 Å². The molecule has 0 atom stereocenters. The van der Waals surface area contributed by atoms with Crippen molar-refractivity contribution in [1.82, 2.24) is 0 Å². The highest BCUT2D eigenvalue weighted by atomic mass is 35.5. The second-order valence-corrected chi connectivity index (χ2v) is 4.48. The van der Waals surface area contributed by atoms with Gasteiger partial charge in [-0.2, -0.15) is 0 Å². The molecule has 0 amide bonds. The van der Waals surface area contributed by atoms with Crippen LogP contribution < -0.4 is 5.32 Å². The number of aromatic carboxylic acids is 1. The van der Waals surface area contributed by atoms with E-state index in [2.05, 4.69) is 5.32 Å². The summed E-state index contributed by atoms with van der Waals surface area (Å²) in [5, 5.41) is 22.6. The van der Waals surface area contributed by atoms with Gasteiger partial charge in [-0.1, -0.05) is 11.6 Å². The molecule has 2 N–H and O–H groups in total. The monoisotopic (exact) mass is 310 g/mol. The molecule has 108 valence electrons. The Bertz CT molecular complexity index is 736. The molecule has 0 aliphatic carbocycles. The number of nitrogens with one attached hydrogen (secondary N) is 1. The van der Waals surface area contributed by atoms with Crippen molar-refractivity contribution in [2.75, 3.05) is 5.32 Å². The van der Waals surface area contributed by atoms with E-state index in [1.807, 2.05) is 0 Å². The summed E-state index contributed by atoms with van der Waals surface area (Å²) in [5.74, 6) is -2.01.